The molecule has 1 atom stereocenters. The molecule has 4 heteroatoms. The third kappa shape index (κ3) is 2.56. The number of nitrogens with one attached hydrogen (secondary N) is 1. The molecule has 0 radical (unpaired) electrons. The summed E-state index contributed by atoms with van der Waals surface area (Å²) in [6, 6.07) is 12.0. The second-order valence-electron chi connectivity index (χ2n) is 4.32. The fourth-order valence-electron chi connectivity index (χ4n) is 2.25. The van der Waals surface area contributed by atoms with E-state index in [4.69, 9.17) is 16.3 Å². The predicted octanol–water partition coefficient (Wildman–Crippen LogP) is 3.66. The van der Waals surface area contributed by atoms with Crippen molar-refractivity contribution >= 4 is 34.8 Å². The lowest BCUT2D eigenvalue weighted by Crippen LogP contribution is -2.19. The van der Waals surface area contributed by atoms with Crippen molar-refractivity contribution in [1.29, 1.82) is 0 Å². The zero-order valence-electron chi connectivity index (χ0n) is 9.86. The van der Waals surface area contributed by atoms with Crippen LogP contribution in [0.15, 0.2) is 36.4 Å². The minimum absolute atomic E-state index is 0. The molecule has 0 bridgehead atoms. The van der Waals surface area contributed by atoms with E-state index in [0.717, 1.165) is 41.1 Å². The maximum Gasteiger partial charge on any atom is 0.127 e. The Hall–Kier alpha value is -0.960. The van der Waals surface area contributed by atoms with Gasteiger partial charge in [-0.25, -0.2) is 0 Å². The van der Waals surface area contributed by atoms with E-state index in [9.17, 15) is 0 Å². The van der Waals surface area contributed by atoms with Gasteiger partial charge < -0.3 is 10.1 Å². The topological polar surface area (TPSA) is 21.3 Å². The second kappa shape index (κ2) is 5.79. The molecule has 1 aliphatic heterocycles. The molecule has 0 amide bonds. The molecule has 2 aromatic carbocycles. The molecule has 1 unspecified atom stereocenters. The predicted molar refractivity (Wildman–Crippen MR) is 78.1 cm³/mol. The first-order chi connectivity index (χ1) is 8.34. The number of halogens is 2. The standard InChI is InChI=1S/C14H14ClNO.ClH/c15-13-5-6-14(17-10-7-8-16-9-10)12-4-2-1-3-11(12)13;/h1-6,10,16H,7-9H2;1H. The van der Waals surface area contributed by atoms with E-state index in [1.54, 1.807) is 0 Å². The van der Waals surface area contributed by atoms with Crippen molar-refractivity contribution in [3.05, 3.63) is 41.4 Å². The summed E-state index contributed by atoms with van der Waals surface area (Å²) in [5.74, 6) is 0.929. The van der Waals surface area contributed by atoms with Crippen LogP contribution >= 0.6 is 24.0 Å². The Morgan fingerprint density at radius 1 is 1.11 bits per heavy atom. The molecule has 1 N–H and O–H groups in total. The lowest BCUT2D eigenvalue weighted by molar-refractivity contribution is 0.226. The summed E-state index contributed by atoms with van der Waals surface area (Å²) in [6.45, 7) is 1.97. The second-order valence-corrected chi connectivity index (χ2v) is 4.73. The molecule has 0 saturated carbocycles. The van der Waals surface area contributed by atoms with E-state index in [1.807, 2.05) is 30.3 Å². The van der Waals surface area contributed by atoms with Crippen molar-refractivity contribution in [2.45, 2.75) is 12.5 Å². The van der Waals surface area contributed by atoms with Crippen LogP contribution in [0, 0.1) is 0 Å². The summed E-state index contributed by atoms with van der Waals surface area (Å²) in [6.07, 6.45) is 1.34. The molecule has 0 aliphatic carbocycles. The van der Waals surface area contributed by atoms with Crippen molar-refractivity contribution in [1.82, 2.24) is 5.32 Å². The molecule has 0 spiro atoms. The Morgan fingerprint density at radius 3 is 2.61 bits per heavy atom. The summed E-state index contributed by atoms with van der Waals surface area (Å²) in [7, 11) is 0. The minimum atomic E-state index is 0. The highest BCUT2D eigenvalue weighted by Crippen LogP contribution is 2.32. The van der Waals surface area contributed by atoms with Gasteiger partial charge in [-0.05, 0) is 25.1 Å². The highest BCUT2D eigenvalue weighted by atomic mass is 35.5. The zero-order chi connectivity index (χ0) is 11.7. The van der Waals surface area contributed by atoms with E-state index in [0.29, 0.717) is 0 Å². The van der Waals surface area contributed by atoms with Gasteiger partial charge in [0.25, 0.3) is 0 Å². The molecule has 1 aliphatic rings. The first-order valence-corrected chi connectivity index (χ1v) is 6.27. The van der Waals surface area contributed by atoms with E-state index >= 15 is 0 Å². The van der Waals surface area contributed by atoms with Crippen molar-refractivity contribution in [3.8, 4) is 5.75 Å². The van der Waals surface area contributed by atoms with Gasteiger partial charge in [0.05, 0.1) is 0 Å². The van der Waals surface area contributed by atoms with E-state index in [2.05, 4.69) is 11.4 Å². The van der Waals surface area contributed by atoms with Crippen LogP contribution in [0.2, 0.25) is 5.02 Å². The Balaban J connectivity index is 0.00000120. The number of fused-ring (bicyclic) bond motifs is 1. The van der Waals surface area contributed by atoms with Gasteiger partial charge >= 0.3 is 0 Å². The first-order valence-electron chi connectivity index (χ1n) is 5.89. The summed E-state index contributed by atoms with van der Waals surface area (Å²) in [4.78, 5) is 0. The van der Waals surface area contributed by atoms with E-state index in [1.165, 1.54) is 0 Å². The van der Waals surface area contributed by atoms with Crippen LogP contribution in [0.1, 0.15) is 6.42 Å². The molecule has 0 aromatic heterocycles. The van der Waals surface area contributed by atoms with Gasteiger partial charge in [-0.2, -0.15) is 0 Å². The Morgan fingerprint density at radius 2 is 1.89 bits per heavy atom. The van der Waals surface area contributed by atoms with Gasteiger partial charge in [0.15, 0.2) is 0 Å². The Bertz CT molecular complexity index is 538. The van der Waals surface area contributed by atoms with Crippen LogP contribution < -0.4 is 10.1 Å². The van der Waals surface area contributed by atoms with Crippen molar-refractivity contribution in [3.63, 3.8) is 0 Å². The third-order valence-corrected chi connectivity index (χ3v) is 3.47. The Kier molecular flexibility index (Phi) is 4.33. The molecule has 3 rings (SSSR count). The maximum absolute atomic E-state index is 6.18. The van der Waals surface area contributed by atoms with Crippen LogP contribution in [0.4, 0.5) is 0 Å². The lowest BCUT2D eigenvalue weighted by atomic mass is 10.1. The van der Waals surface area contributed by atoms with Gasteiger partial charge in [-0.1, -0.05) is 35.9 Å². The molecule has 1 fully saturated rings. The monoisotopic (exact) mass is 283 g/mol. The maximum atomic E-state index is 6.18. The van der Waals surface area contributed by atoms with Crippen LogP contribution in [0.25, 0.3) is 10.8 Å². The van der Waals surface area contributed by atoms with E-state index < -0.39 is 0 Å². The lowest BCUT2D eigenvalue weighted by Gasteiger charge is -2.15. The van der Waals surface area contributed by atoms with Crippen molar-refractivity contribution in [2.75, 3.05) is 13.1 Å². The minimum Gasteiger partial charge on any atom is -0.488 e. The van der Waals surface area contributed by atoms with Crippen molar-refractivity contribution < 1.29 is 4.74 Å². The fraction of sp³-hybridized carbons (Fsp3) is 0.286. The van der Waals surface area contributed by atoms with Gasteiger partial charge in [0.2, 0.25) is 0 Å². The van der Waals surface area contributed by atoms with Gasteiger partial charge in [0, 0.05) is 22.3 Å². The van der Waals surface area contributed by atoms with Gasteiger partial charge in [0.1, 0.15) is 11.9 Å². The third-order valence-electron chi connectivity index (χ3n) is 3.14. The van der Waals surface area contributed by atoms with Crippen LogP contribution in [-0.4, -0.2) is 19.2 Å². The summed E-state index contributed by atoms with van der Waals surface area (Å²) < 4.78 is 6.02. The molecular weight excluding hydrogens is 269 g/mol. The fourth-order valence-corrected chi connectivity index (χ4v) is 2.47. The molecule has 2 aromatic rings. The average Bonchev–Trinajstić information content (AvgIpc) is 2.86. The molecule has 1 heterocycles. The molecule has 2 nitrogen and oxygen atoms in total. The number of hydrogen-bond donors (Lipinski definition) is 1. The number of benzene rings is 2. The summed E-state index contributed by atoms with van der Waals surface area (Å²) >= 11 is 6.18. The van der Waals surface area contributed by atoms with Crippen LogP contribution in [0.5, 0.6) is 5.75 Å². The van der Waals surface area contributed by atoms with E-state index in [-0.39, 0.29) is 18.5 Å². The molecular formula is C14H15Cl2NO. The number of hydrogen-bond acceptors (Lipinski definition) is 2. The zero-order valence-corrected chi connectivity index (χ0v) is 11.4. The number of rotatable bonds is 2. The first kappa shape index (κ1) is 13.5. The number of ether oxygens (including phenoxy) is 1. The quantitative estimate of drug-likeness (QED) is 0.908. The largest absolute Gasteiger partial charge is 0.488 e. The molecule has 1 saturated heterocycles. The highest BCUT2D eigenvalue weighted by molar-refractivity contribution is 6.35. The normalized spacial score (nSPS) is 18.6. The van der Waals surface area contributed by atoms with Gasteiger partial charge in [-0.15, -0.1) is 12.4 Å². The van der Waals surface area contributed by atoms with Gasteiger partial charge in [-0.3, -0.25) is 0 Å². The molecule has 96 valence electrons. The van der Waals surface area contributed by atoms with Crippen LogP contribution in [0.3, 0.4) is 0 Å². The Labute approximate surface area is 118 Å². The smallest absolute Gasteiger partial charge is 0.127 e. The SMILES string of the molecule is Cl.Clc1ccc(OC2CCNC2)c2ccccc12. The van der Waals surface area contributed by atoms with Crippen LogP contribution in [-0.2, 0) is 0 Å². The summed E-state index contributed by atoms with van der Waals surface area (Å²) in [5, 5.41) is 6.22. The molecule has 18 heavy (non-hydrogen) atoms. The van der Waals surface area contributed by atoms with Crippen molar-refractivity contribution in [2.24, 2.45) is 0 Å². The average molecular weight is 284 g/mol. The summed E-state index contributed by atoms with van der Waals surface area (Å²) in [5.41, 5.74) is 0. The highest BCUT2D eigenvalue weighted by Gasteiger charge is 2.17.